The molecule has 1 aliphatic heterocycles. The summed E-state index contributed by atoms with van der Waals surface area (Å²) in [4.78, 5) is 39.8. The van der Waals surface area contributed by atoms with Crippen molar-refractivity contribution < 1.29 is 14.4 Å². The molecule has 0 saturated carbocycles. The van der Waals surface area contributed by atoms with Crippen molar-refractivity contribution in [1.29, 1.82) is 0 Å². The van der Waals surface area contributed by atoms with Crippen LogP contribution in [-0.2, 0) is 9.59 Å². The summed E-state index contributed by atoms with van der Waals surface area (Å²) < 4.78 is 0. The second kappa shape index (κ2) is 7.66. The van der Waals surface area contributed by atoms with Crippen LogP contribution in [0.4, 0.5) is 5.69 Å². The molecule has 5 nitrogen and oxygen atoms in total. The zero-order chi connectivity index (χ0) is 20.5. The third-order valence-corrected chi connectivity index (χ3v) is 5.84. The lowest BCUT2D eigenvalue weighted by atomic mass is 9.82. The van der Waals surface area contributed by atoms with Crippen LogP contribution in [0.2, 0.25) is 0 Å². The number of fused-ring (bicyclic) bond motifs is 1. The smallest absolute Gasteiger partial charge is 0.251 e. The van der Waals surface area contributed by atoms with E-state index in [1.165, 1.54) is 4.90 Å². The van der Waals surface area contributed by atoms with E-state index in [2.05, 4.69) is 5.32 Å². The molecule has 5 heteroatoms. The average molecular weight is 388 g/mol. The fourth-order valence-electron chi connectivity index (χ4n) is 4.18. The molecular weight excluding hydrogens is 364 g/mol. The van der Waals surface area contributed by atoms with Gasteiger partial charge in [0.15, 0.2) is 0 Å². The largest absolute Gasteiger partial charge is 0.346 e. The Morgan fingerprint density at radius 1 is 1.03 bits per heavy atom. The summed E-state index contributed by atoms with van der Waals surface area (Å²) in [5, 5.41) is 2.97. The van der Waals surface area contributed by atoms with E-state index < -0.39 is 0 Å². The van der Waals surface area contributed by atoms with Crippen LogP contribution < -0.4 is 10.2 Å². The highest BCUT2D eigenvalue weighted by Crippen LogP contribution is 2.39. The fraction of sp³-hybridized carbons (Fsp3) is 0.292. The molecule has 29 heavy (non-hydrogen) atoms. The molecular formula is C24H24N2O3. The molecule has 0 bridgehead atoms. The van der Waals surface area contributed by atoms with Gasteiger partial charge in [-0.2, -0.15) is 0 Å². The summed E-state index contributed by atoms with van der Waals surface area (Å²) in [6.45, 7) is 3.92. The molecule has 3 atom stereocenters. The maximum absolute atomic E-state index is 12.9. The zero-order valence-corrected chi connectivity index (χ0v) is 16.6. The first kappa shape index (κ1) is 19.1. The van der Waals surface area contributed by atoms with Gasteiger partial charge in [-0.15, -0.1) is 0 Å². The first-order valence-corrected chi connectivity index (χ1v) is 9.95. The van der Waals surface area contributed by atoms with Crippen molar-refractivity contribution in [1.82, 2.24) is 5.32 Å². The van der Waals surface area contributed by atoms with Crippen LogP contribution in [-0.4, -0.2) is 17.7 Å². The van der Waals surface area contributed by atoms with Gasteiger partial charge in [-0.25, -0.2) is 0 Å². The second-order valence-electron chi connectivity index (χ2n) is 7.87. The van der Waals surface area contributed by atoms with Gasteiger partial charge in [0.25, 0.3) is 5.91 Å². The van der Waals surface area contributed by atoms with Gasteiger partial charge in [-0.3, -0.25) is 19.3 Å². The Morgan fingerprint density at radius 3 is 2.52 bits per heavy atom. The number of hydrogen-bond acceptors (Lipinski definition) is 3. The molecule has 1 fully saturated rings. The quantitative estimate of drug-likeness (QED) is 0.635. The molecule has 1 heterocycles. The molecule has 148 valence electrons. The van der Waals surface area contributed by atoms with Crippen molar-refractivity contribution in [2.75, 3.05) is 4.90 Å². The van der Waals surface area contributed by atoms with Crippen LogP contribution in [0.5, 0.6) is 0 Å². The molecule has 0 aromatic heterocycles. The lowest BCUT2D eigenvalue weighted by molar-refractivity contribution is -0.122. The van der Waals surface area contributed by atoms with Crippen molar-refractivity contribution in [2.24, 2.45) is 11.8 Å². The number of rotatable bonds is 4. The minimum atomic E-state index is -0.290. The highest BCUT2D eigenvalue weighted by molar-refractivity contribution is 6.22. The van der Waals surface area contributed by atoms with Gasteiger partial charge in [-0.05, 0) is 50.5 Å². The van der Waals surface area contributed by atoms with Crippen molar-refractivity contribution in [3.05, 3.63) is 77.4 Å². The van der Waals surface area contributed by atoms with Gasteiger partial charge in [0.2, 0.25) is 11.8 Å². The Labute approximate surface area is 170 Å². The van der Waals surface area contributed by atoms with Crippen LogP contribution in [0.25, 0.3) is 0 Å². The average Bonchev–Trinajstić information content (AvgIpc) is 2.98. The number of anilines is 1. The predicted octanol–water partition coefficient (Wildman–Crippen LogP) is 4.02. The molecule has 0 radical (unpaired) electrons. The first-order valence-electron chi connectivity index (χ1n) is 9.95. The molecule has 1 aliphatic carbocycles. The van der Waals surface area contributed by atoms with E-state index >= 15 is 0 Å². The Balaban J connectivity index is 1.54. The summed E-state index contributed by atoms with van der Waals surface area (Å²) in [5.74, 6) is -1.15. The zero-order valence-electron chi connectivity index (χ0n) is 16.6. The number of benzene rings is 2. The molecule has 4 rings (SSSR count). The van der Waals surface area contributed by atoms with Crippen LogP contribution in [0.3, 0.4) is 0 Å². The van der Waals surface area contributed by atoms with E-state index in [1.54, 1.807) is 24.3 Å². The van der Waals surface area contributed by atoms with E-state index in [0.717, 1.165) is 11.1 Å². The SMILES string of the molecule is CC1=CC[C@H]2C(=O)N(c3cccc(C(=O)N[C@@H](C)c4ccccc4)c3)C(=O)[C@H]2C1. The van der Waals surface area contributed by atoms with E-state index in [0.29, 0.717) is 24.1 Å². The number of amides is 3. The van der Waals surface area contributed by atoms with Crippen LogP contribution in [0.15, 0.2) is 66.2 Å². The number of imide groups is 1. The molecule has 2 aromatic rings. The monoisotopic (exact) mass is 388 g/mol. The normalized spacial score (nSPS) is 22.1. The van der Waals surface area contributed by atoms with Crippen molar-refractivity contribution in [2.45, 2.75) is 32.7 Å². The topological polar surface area (TPSA) is 66.5 Å². The lowest BCUT2D eigenvalue weighted by Gasteiger charge is -2.19. The van der Waals surface area contributed by atoms with E-state index in [1.807, 2.05) is 50.3 Å². The minimum absolute atomic E-state index is 0.153. The van der Waals surface area contributed by atoms with Crippen LogP contribution >= 0.6 is 0 Å². The standard InChI is InChI=1S/C24H24N2O3/c1-15-11-12-20-21(13-15)24(29)26(23(20)28)19-10-6-9-18(14-19)22(27)25-16(2)17-7-4-3-5-8-17/h3-11,14,16,20-21H,12-13H2,1-2H3,(H,25,27)/t16-,20+,21-/m0/s1. The maximum atomic E-state index is 12.9. The summed E-state index contributed by atoms with van der Waals surface area (Å²) in [6.07, 6.45) is 3.28. The molecule has 1 saturated heterocycles. The Hall–Kier alpha value is -3.21. The highest BCUT2D eigenvalue weighted by Gasteiger charge is 2.48. The molecule has 0 unspecified atom stereocenters. The number of hydrogen-bond donors (Lipinski definition) is 1. The highest BCUT2D eigenvalue weighted by atomic mass is 16.2. The van der Waals surface area contributed by atoms with Gasteiger partial charge in [-0.1, -0.05) is 48.0 Å². The maximum Gasteiger partial charge on any atom is 0.251 e. The summed E-state index contributed by atoms with van der Waals surface area (Å²) in [5.41, 5.74) is 3.05. The lowest BCUT2D eigenvalue weighted by Crippen LogP contribution is -2.31. The van der Waals surface area contributed by atoms with Crippen molar-refractivity contribution in [3.63, 3.8) is 0 Å². The van der Waals surface area contributed by atoms with Gasteiger partial charge >= 0.3 is 0 Å². The van der Waals surface area contributed by atoms with Crippen LogP contribution in [0, 0.1) is 11.8 Å². The van der Waals surface area contributed by atoms with Gasteiger partial charge in [0.1, 0.15) is 0 Å². The van der Waals surface area contributed by atoms with E-state index in [4.69, 9.17) is 0 Å². The number of carbonyl (C=O) groups is 3. The molecule has 0 spiro atoms. The first-order chi connectivity index (χ1) is 14.0. The third-order valence-electron chi connectivity index (χ3n) is 5.84. The second-order valence-corrected chi connectivity index (χ2v) is 7.87. The summed E-state index contributed by atoms with van der Waals surface area (Å²) >= 11 is 0. The van der Waals surface area contributed by atoms with Crippen molar-refractivity contribution >= 4 is 23.4 Å². The molecule has 2 aliphatic rings. The van der Waals surface area contributed by atoms with Gasteiger partial charge in [0, 0.05) is 5.56 Å². The molecule has 2 aromatic carbocycles. The third kappa shape index (κ3) is 3.60. The number of nitrogens with one attached hydrogen (secondary N) is 1. The Bertz CT molecular complexity index is 996. The minimum Gasteiger partial charge on any atom is -0.346 e. The van der Waals surface area contributed by atoms with Gasteiger partial charge < -0.3 is 5.32 Å². The molecule has 3 amide bonds. The summed E-state index contributed by atoms with van der Waals surface area (Å²) in [7, 11) is 0. The molecule has 1 N–H and O–H groups in total. The number of carbonyl (C=O) groups excluding carboxylic acids is 3. The number of nitrogens with zero attached hydrogens (tertiary/aromatic N) is 1. The van der Waals surface area contributed by atoms with Crippen LogP contribution in [0.1, 0.15) is 48.7 Å². The van der Waals surface area contributed by atoms with E-state index in [-0.39, 0.29) is 35.6 Å². The number of allylic oxidation sites excluding steroid dienone is 2. The fourth-order valence-corrected chi connectivity index (χ4v) is 4.18. The van der Waals surface area contributed by atoms with Gasteiger partial charge in [0.05, 0.1) is 23.6 Å². The Kier molecular flexibility index (Phi) is 5.05. The summed E-state index contributed by atoms with van der Waals surface area (Å²) in [6, 6.07) is 16.3. The van der Waals surface area contributed by atoms with E-state index in [9.17, 15) is 14.4 Å². The Morgan fingerprint density at radius 2 is 1.76 bits per heavy atom. The van der Waals surface area contributed by atoms with Crippen molar-refractivity contribution in [3.8, 4) is 0 Å². The predicted molar refractivity (Wildman–Crippen MR) is 111 cm³/mol.